The quantitative estimate of drug-likeness (QED) is 0.635. The van der Waals surface area contributed by atoms with E-state index in [0.29, 0.717) is 0 Å². The van der Waals surface area contributed by atoms with Crippen molar-refractivity contribution in [3.63, 3.8) is 0 Å². The number of halogens is 1. The van der Waals surface area contributed by atoms with Crippen LogP contribution in [0.4, 0.5) is 0 Å². The first-order valence-electron chi connectivity index (χ1n) is 4.96. The molecule has 1 amide bonds. The number of hydrogen-bond donors (Lipinski definition) is 4. The standard InChI is InChI=1S/C11H14ClNO4/c1-11(17,6-14)5-13-10(16)7-2-3-9(15)8(12)4-7/h2-4,14-15,17H,5-6H2,1H3,(H,13,16). The van der Waals surface area contributed by atoms with Crippen LogP contribution in [0.5, 0.6) is 5.75 Å². The van der Waals surface area contributed by atoms with E-state index in [2.05, 4.69) is 5.32 Å². The topological polar surface area (TPSA) is 89.8 Å². The molecule has 0 spiro atoms. The number of carbonyl (C=O) groups is 1. The number of phenols is 1. The van der Waals surface area contributed by atoms with E-state index < -0.39 is 18.1 Å². The van der Waals surface area contributed by atoms with E-state index in [1.54, 1.807) is 0 Å². The molecule has 1 atom stereocenters. The van der Waals surface area contributed by atoms with Gasteiger partial charge in [-0.3, -0.25) is 4.79 Å². The summed E-state index contributed by atoms with van der Waals surface area (Å²) < 4.78 is 0. The average Bonchev–Trinajstić information content (AvgIpc) is 2.30. The van der Waals surface area contributed by atoms with E-state index in [-0.39, 0.29) is 22.9 Å². The Morgan fingerprint density at radius 3 is 2.71 bits per heavy atom. The van der Waals surface area contributed by atoms with Crippen LogP contribution in [0.3, 0.4) is 0 Å². The zero-order chi connectivity index (χ0) is 13.1. The van der Waals surface area contributed by atoms with Crippen molar-refractivity contribution in [3.05, 3.63) is 28.8 Å². The van der Waals surface area contributed by atoms with Crippen LogP contribution >= 0.6 is 11.6 Å². The molecule has 4 N–H and O–H groups in total. The molecular weight excluding hydrogens is 246 g/mol. The van der Waals surface area contributed by atoms with Crippen molar-refractivity contribution in [2.75, 3.05) is 13.2 Å². The van der Waals surface area contributed by atoms with Crippen molar-refractivity contribution >= 4 is 17.5 Å². The molecule has 0 heterocycles. The highest BCUT2D eigenvalue weighted by molar-refractivity contribution is 6.32. The van der Waals surface area contributed by atoms with E-state index in [9.17, 15) is 15.0 Å². The van der Waals surface area contributed by atoms with E-state index >= 15 is 0 Å². The Labute approximate surface area is 104 Å². The second kappa shape index (κ2) is 5.35. The second-order valence-electron chi connectivity index (χ2n) is 4.00. The van der Waals surface area contributed by atoms with E-state index in [1.165, 1.54) is 25.1 Å². The number of aliphatic hydroxyl groups excluding tert-OH is 1. The summed E-state index contributed by atoms with van der Waals surface area (Å²) in [6, 6.07) is 4.03. The molecule has 0 aliphatic heterocycles. The number of phenolic OH excluding ortho intramolecular Hbond substituents is 1. The van der Waals surface area contributed by atoms with Crippen LogP contribution in [0.1, 0.15) is 17.3 Å². The molecule has 0 bridgehead atoms. The molecule has 1 rings (SSSR count). The van der Waals surface area contributed by atoms with E-state index in [1.807, 2.05) is 0 Å². The number of amides is 1. The smallest absolute Gasteiger partial charge is 0.251 e. The van der Waals surface area contributed by atoms with Crippen LogP contribution in [0.2, 0.25) is 5.02 Å². The van der Waals surface area contributed by atoms with Crippen molar-refractivity contribution in [1.82, 2.24) is 5.32 Å². The van der Waals surface area contributed by atoms with Crippen LogP contribution in [-0.2, 0) is 0 Å². The van der Waals surface area contributed by atoms with Crippen LogP contribution in [-0.4, -0.2) is 40.0 Å². The normalized spacial score (nSPS) is 14.1. The summed E-state index contributed by atoms with van der Waals surface area (Å²) in [4.78, 5) is 11.6. The van der Waals surface area contributed by atoms with Crippen LogP contribution in [0, 0.1) is 0 Å². The lowest BCUT2D eigenvalue weighted by atomic mass is 10.1. The molecule has 5 nitrogen and oxygen atoms in total. The molecular formula is C11H14ClNO4. The van der Waals surface area contributed by atoms with Gasteiger partial charge in [-0.25, -0.2) is 0 Å². The monoisotopic (exact) mass is 259 g/mol. The summed E-state index contributed by atoms with van der Waals surface area (Å²) >= 11 is 5.66. The van der Waals surface area contributed by atoms with E-state index in [4.69, 9.17) is 16.7 Å². The number of nitrogens with one attached hydrogen (secondary N) is 1. The summed E-state index contributed by atoms with van der Waals surface area (Å²) in [5, 5.41) is 30.0. The molecule has 1 aromatic rings. The molecule has 94 valence electrons. The third kappa shape index (κ3) is 3.89. The Bertz CT molecular complexity index is 420. The van der Waals surface area contributed by atoms with Gasteiger partial charge in [-0.05, 0) is 25.1 Å². The summed E-state index contributed by atoms with van der Waals surface area (Å²) in [5.41, 5.74) is -1.10. The van der Waals surface area contributed by atoms with Crippen LogP contribution < -0.4 is 5.32 Å². The maximum atomic E-state index is 11.6. The minimum Gasteiger partial charge on any atom is -0.506 e. The number of aromatic hydroxyl groups is 1. The summed E-state index contributed by atoms with van der Waals surface area (Å²) in [6.45, 7) is 0.863. The third-order valence-corrected chi connectivity index (χ3v) is 2.48. The lowest BCUT2D eigenvalue weighted by Gasteiger charge is -2.20. The first-order chi connectivity index (χ1) is 7.85. The predicted octanol–water partition coefficient (Wildman–Crippen LogP) is 0.519. The molecule has 0 fully saturated rings. The molecule has 17 heavy (non-hydrogen) atoms. The maximum absolute atomic E-state index is 11.6. The maximum Gasteiger partial charge on any atom is 0.251 e. The van der Waals surface area contributed by atoms with Gasteiger partial charge >= 0.3 is 0 Å². The zero-order valence-electron chi connectivity index (χ0n) is 9.27. The molecule has 0 aliphatic carbocycles. The largest absolute Gasteiger partial charge is 0.506 e. The summed E-state index contributed by atoms with van der Waals surface area (Å²) in [7, 11) is 0. The number of rotatable bonds is 4. The molecule has 0 saturated heterocycles. The Morgan fingerprint density at radius 1 is 1.53 bits per heavy atom. The molecule has 0 saturated carbocycles. The van der Waals surface area contributed by atoms with Gasteiger partial charge in [-0.15, -0.1) is 0 Å². The Balaban J connectivity index is 2.68. The number of hydrogen-bond acceptors (Lipinski definition) is 4. The van der Waals surface area contributed by atoms with Gasteiger partial charge in [0.25, 0.3) is 5.91 Å². The number of aliphatic hydroxyl groups is 2. The highest BCUT2D eigenvalue weighted by atomic mass is 35.5. The third-order valence-electron chi connectivity index (χ3n) is 2.18. The highest BCUT2D eigenvalue weighted by Gasteiger charge is 2.20. The molecule has 0 aromatic heterocycles. The SMILES string of the molecule is CC(O)(CO)CNC(=O)c1ccc(O)c(Cl)c1. The average molecular weight is 260 g/mol. The predicted molar refractivity (Wildman–Crippen MR) is 63.2 cm³/mol. The van der Waals surface area contributed by atoms with Crippen LogP contribution in [0.25, 0.3) is 0 Å². The molecule has 6 heteroatoms. The first-order valence-corrected chi connectivity index (χ1v) is 5.33. The fourth-order valence-corrected chi connectivity index (χ4v) is 1.26. The Hall–Kier alpha value is -1.30. The van der Waals surface area contributed by atoms with E-state index in [0.717, 1.165) is 0 Å². The zero-order valence-corrected chi connectivity index (χ0v) is 10.0. The van der Waals surface area contributed by atoms with Crippen LogP contribution in [0.15, 0.2) is 18.2 Å². The molecule has 1 aromatic carbocycles. The van der Waals surface area contributed by atoms with Gasteiger partial charge in [0.15, 0.2) is 0 Å². The Kier molecular flexibility index (Phi) is 4.34. The first kappa shape index (κ1) is 13.8. The van der Waals surface area contributed by atoms with Gasteiger partial charge in [0.05, 0.1) is 11.6 Å². The summed E-state index contributed by atoms with van der Waals surface area (Å²) in [6.07, 6.45) is 0. The lowest BCUT2D eigenvalue weighted by molar-refractivity contribution is 0.00320. The van der Waals surface area contributed by atoms with Crippen molar-refractivity contribution in [3.8, 4) is 5.75 Å². The van der Waals surface area contributed by atoms with Crippen molar-refractivity contribution in [2.45, 2.75) is 12.5 Å². The van der Waals surface area contributed by atoms with Crippen molar-refractivity contribution in [1.29, 1.82) is 0 Å². The van der Waals surface area contributed by atoms with Gasteiger partial charge in [-0.1, -0.05) is 11.6 Å². The fourth-order valence-electron chi connectivity index (χ4n) is 1.08. The Morgan fingerprint density at radius 2 is 2.18 bits per heavy atom. The van der Waals surface area contributed by atoms with Crippen molar-refractivity contribution < 1.29 is 20.1 Å². The lowest BCUT2D eigenvalue weighted by Crippen LogP contribution is -2.43. The van der Waals surface area contributed by atoms with Gasteiger partial charge in [0, 0.05) is 12.1 Å². The molecule has 1 unspecified atom stereocenters. The van der Waals surface area contributed by atoms with Crippen molar-refractivity contribution in [2.24, 2.45) is 0 Å². The molecule has 0 aliphatic rings. The number of benzene rings is 1. The minimum atomic E-state index is -1.36. The van der Waals surface area contributed by atoms with Gasteiger partial charge in [-0.2, -0.15) is 0 Å². The summed E-state index contributed by atoms with van der Waals surface area (Å²) in [5.74, 6) is -0.550. The van der Waals surface area contributed by atoms with Gasteiger partial charge < -0.3 is 20.6 Å². The molecule has 0 radical (unpaired) electrons. The van der Waals surface area contributed by atoms with Gasteiger partial charge in [0.2, 0.25) is 0 Å². The fraction of sp³-hybridized carbons (Fsp3) is 0.364. The van der Waals surface area contributed by atoms with Gasteiger partial charge in [0.1, 0.15) is 11.4 Å². The second-order valence-corrected chi connectivity index (χ2v) is 4.41. The minimum absolute atomic E-state index is 0.0755. The highest BCUT2D eigenvalue weighted by Crippen LogP contribution is 2.23. The number of carbonyl (C=O) groups excluding carboxylic acids is 1.